The van der Waals surface area contributed by atoms with E-state index in [1.54, 1.807) is 10.9 Å². The minimum absolute atomic E-state index is 0.0424. The summed E-state index contributed by atoms with van der Waals surface area (Å²) in [5.74, 6) is 0. The molecule has 0 saturated heterocycles. The average Bonchev–Trinajstić information content (AvgIpc) is 2.53. The van der Waals surface area contributed by atoms with Gasteiger partial charge in [0, 0.05) is 25.9 Å². The molecule has 1 rings (SSSR count). The van der Waals surface area contributed by atoms with Crippen LogP contribution in [0.2, 0.25) is 25.7 Å². The van der Waals surface area contributed by atoms with Crippen LogP contribution in [0, 0.1) is 6.92 Å². The first-order chi connectivity index (χ1) is 7.44. The molecule has 0 aromatic carbocycles. The van der Waals surface area contributed by atoms with Crippen LogP contribution in [0.15, 0.2) is 6.20 Å². The highest BCUT2D eigenvalue weighted by molar-refractivity contribution is 6.76. The van der Waals surface area contributed by atoms with Crippen molar-refractivity contribution in [3.05, 3.63) is 17.5 Å². The maximum atomic E-state index is 9.02. The summed E-state index contributed by atoms with van der Waals surface area (Å²) in [6, 6.07) is 1.17. The molecule has 0 atom stereocenters. The van der Waals surface area contributed by atoms with E-state index < -0.39 is 8.07 Å². The van der Waals surface area contributed by atoms with E-state index in [2.05, 4.69) is 24.7 Å². The Morgan fingerprint density at radius 2 is 2.12 bits per heavy atom. The van der Waals surface area contributed by atoms with Gasteiger partial charge in [-0.15, -0.1) is 0 Å². The van der Waals surface area contributed by atoms with Crippen LogP contribution in [-0.4, -0.2) is 29.6 Å². The van der Waals surface area contributed by atoms with E-state index in [0.29, 0.717) is 6.73 Å². The topological polar surface area (TPSA) is 47.3 Å². The Kier molecular flexibility index (Phi) is 4.70. The first-order valence-corrected chi connectivity index (χ1v) is 9.34. The van der Waals surface area contributed by atoms with E-state index >= 15 is 0 Å². The number of nitrogens with zero attached hydrogens (tertiary/aromatic N) is 2. The molecule has 1 N–H and O–H groups in total. The van der Waals surface area contributed by atoms with Gasteiger partial charge >= 0.3 is 0 Å². The smallest absolute Gasteiger partial charge is 0.139 e. The Morgan fingerprint density at radius 1 is 1.44 bits per heavy atom. The molecule has 0 aliphatic rings. The molecule has 1 aromatic heterocycles. The molecule has 0 radical (unpaired) electrons. The largest absolute Gasteiger partial charge is 0.392 e. The number of aliphatic hydroxyl groups excluding tert-OH is 1. The molecule has 0 saturated carbocycles. The highest BCUT2D eigenvalue weighted by Gasteiger charge is 2.12. The highest BCUT2D eigenvalue weighted by atomic mass is 28.3. The van der Waals surface area contributed by atoms with E-state index in [1.807, 2.05) is 6.92 Å². The zero-order chi connectivity index (χ0) is 12.2. The lowest BCUT2D eigenvalue weighted by Gasteiger charge is -2.15. The molecule has 1 heterocycles. The Hall–Kier alpha value is -0.653. The van der Waals surface area contributed by atoms with Gasteiger partial charge in [0.1, 0.15) is 6.73 Å². The summed E-state index contributed by atoms with van der Waals surface area (Å²) < 4.78 is 7.38. The molecule has 0 fully saturated rings. The van der Waals surface area contributed by atoms with E-state index in [1.165, 1.54) is 6.04 Å². The minimum atomic E-state index is -1.01. The van der Waals surface area contributed by atoms with Crippen molar-refractivity contribution in [2.24, 2.45) is 0 Å². The second kappa shape index (κ2) is 5.61. The van der Waals surface area contributed by atoms with Gasteiger partial charge in [-0.25, -0.2) is 4.68 Å². The molecule has 0 bridgehead atoms. The van der Waals surface area contributed by atoms with Gasteiger partial charge in [0.2, 0.25) is 0 Å². The standard InChI is InChI=1S/C11H22N2O2Si/c1-10-11(8-14)7-12-13(10)9-15-5-6-16(2,3)4/h7,14H,5-6,8-9H2,1-4H3. The summed E-state index contributed by atoms with van der Waals surface area (Å²) in [5.41, 5.74) is 1.85. The number of aliphatic hydroxyl groups is 1. The molecule has 0 amide bonds. The Morgan fingerprint density at radius 3 is 2.62 bits per heavy atom. The van der Waals surface area contributed by atoms with Crippen LogP contribution in [0.5, 0.6) is 0 Å². The van der Waals surface area contributed by atoms with Gasteiger partial charge < -0.3 is 9.84 Å². The predicted octanol–water partition coefficient (Wildman–Crippen LogP) is 2.00. The van der Waals surface area contributed by atoms with E-state index in [0.717, 1.165) is 17.9 Å². The maximum absolute atomic E-state index is 9.02. The van der Waals surface area contributed by atoms with Crippen molar-refractivity contribution < 1.29 is 9.84 Å². The normalized spacial score (nSPS) is 12.1. The van der Waals surface area contributed by atoms with Gasteiger partial charge in [-0.05, 0) is 13.0 Å². The van der Waals surface area contributed by atoms with E-state index in [4.69, 9.17) is 9.84 Å². The second-order valence-corrected chi connectivity index (χ2v) is 10.9. The molecule has 0 aliphatic heterocycles. The summed E-state index contributed by atoms with van der Waals surface area (Å²) in [6.45, 7) is 10.3. The second-order valence-electron chi connectivity index (χ2n) is 5.26. The zero-order valence-electron chi connectivity index (χ0n) is 10.7. The van der Waals surface area contributed by atoms with Crippen molar-refractivity contribution in [2.75, 3.05) is 6.61 Å². The number of hydrogen-bond donors (Lipinski definition) is 1. The van der Waals surface area contributed by atoms with Gasteiger partial charge in [0.15, 0.2) is 0 Å². The summed E-state index contributed by atoms with van der Waals surface area (Å²) in [4.78, 5) is 0. The minimum Gasteiger partial charge on any atom is -0.392 e. The molecule has 4 nitrogen and oxygen atoms in total. The van der Waals surface area contributed by atoms with Gasteiger partial charge in [-0.1, -0.05) is 19.6 Å². The third-order valence-corrected chi connectivity index (χ3v) is 4.29. The molecule has 0 unspecified atom stereocenters. The fraction of sp³-hybridized carbons (Fsp3) is 0.727. The summed E-state index contributed by atoms with van der Waals surface area (Å²) >= 11 is 0. The fourth-order valence-corrected chi connectivity index (χ4v) is 2.06. The molecule has 16 heavy (non-hydrogen) atoms. The van der Waals surface area contributed by atoms with Gasteiger partial charge in [0.05, 0.1) is 12.8 Å². The van der Waals surface area contributed by atoms with E-state index in [9.17, 15) is 0 Å². The number of ether oxygens (including phenoxy) is 1. The summed E-state index contributed by atoms with van der Waals surface area (Å²) in [5, 5.41) is 13.2. The van der Waals surface area contributed by atoms with Crippen LogP contribution in [0.3, 0.4) is 0 Å². The van der Waals surface area contributed by atoms with Crippen LogP contribution in [0.25, 0.3) is 0 Å². The van der Waals surface area contributed by atoms with Gasteiger partial charge in [0.25, 0.3) is 0 Å². The fourth-order valence-electron chi connectivity index (χ4n) is 1.30. The van der Waals surface area contributed by atoms with Crippen molar-refractivity contribution in [1.29, 1.82) is 0 Å². The number of hydrogen-bond acceptors (Lipinski definition) is 3. The Balaban J connectivity index is 2.35. The molecule has 1 aromatic rings. The lowest BCUT2D eigenvalue weighted by Crippen LogP contribution is -2.22. The average molecular weight is 242 g/mol. The monoisotopic (exact) mass is 242 g/mol. The quantitative estimate of drug-likeness (QED) is 0.613. The van der Waals surface area contributed by atoms with Crippen LogP contribution in [0.4, 0.5) is 0 Å². The van der Waals surface area contributed by atoms with Gasteiger partial charge in [-0.3, -0.25) is 0 Å². The molecule has 0 aliphatic carbocycles. The first-order valence-electron chi connectivity index (χ1n) is 5.64. The van der Waals surface area contributed by atoms with Crippen molar-refractivity contribution in [3.8, 4) is 0 Å². The van der Waals surface area contributed by atoms with Crippen LogP contribution in [0.1, 0.15) is 11.3 Å². The lowest BCUT2D eigenvalue weighted by molar-refractivity contribution is 0.0769. The SMILES string of the molecule is Cc1c(CO)cnn1COCC[Si](C)(C)C. The van der Waals surface area contributed by atoms with Gasteiger partial charge in [-0.2, -0.15) is 5.10 Å². The zero-order valence-corrected chi connectivity index (χ0v) is 11.7. The Labute approximate surface area is 98.2 Å². The van der Waals surface area contributed by atoms with Crippen molar-refractivity contribution in [2.45, 2.75) is 45.9 Å². The van der Waals surface area contributed by atoms with Crippen molar-refractivity contribution >= 4 is 8.07 Å². The lowest BCUT2D eigenvalue weighted by atomic mass is 10.3. The van der Waals surface area contributed by atoms with E-state index in [-0.39, 0.29) is 6.61 Å². The highest BCUT2D eigenvalue weighted by Crippen LogP contribution is 2.09. The third-order valence-electron chi connectivity index (χ3n) is 2.59. The predicted molar refractivity (Wildman–Crippen MR) is 67.0 cm³/mol. The molecule has 92 valence electrons. The number of rotatable bonds is 6. The summed E-state index contributed by atoms with van der Waals surface area (Å²) in [6.07, 6.45) is 1.69. The molecular formula is C11H22N2O2Si. The number of aromatic nitrogens is 2. The molecular weight excluding hydrogens is 220 g/mol. The third kappa shape index (κ3) is 4.07. The molecule has 0 spiro atoms. The van der Waals surface area contributed by atoms with Crippen LogP contribution >= 0.6 is 0 Å². The maximum Gasteiger partial charge on any atom is 0.139 e. The first kappa shape index (κ1) is 13.4. The van der Waals surface area contributed by atoms with Crippen LogP contribution < -0.4 is 0 Å². The van der Waals surface area contributed by atoms with Crippen molar-refractivity contribution in [3.63, 3.8) is 0 Å². The Bertz CT molecular complexity index is 331. The van der Waals surface area contributed by atoms with Crippen molar-refractivity contribution in [1.82, 2.24) is 9.78 Å². The summed E-state index contributed by atoms with van der Waals surface area (Å²) in [7, 11) is -1.01. The van der Waals surface area contributed by atoms with Crippen LogP contribution in [-0.2, 0) is 18.1 Å². The molecule has 5 heteroatoms.